The number of aryl methyl sites for hydroxylation is 2. The Hall–Kier alpha value is -5.67. The van der Waals surface area contributed by atoms with Gasteiger partial charge < -0.3 is 14.4 Å². The van der Waals surface area contributed by atoms with Crippen LogP contribution in [0.1, 0.15) is 48.4 Å². The molecule has 1 radical (unpaired) electrons. The summed E-state index contributed by atoms with van der Waals surface area (Å²) < 4.78 is 69.1. The third-order valence-electron chi connectivity index (χ3n) is 9.15. The van der Waals surface area contributed by atoms with Crippen molar-refractivity contribution in [2.75, 3.05) is 0 Å². The number of hydrogen-bond donors (Lipinski definition) is 0. The smallest absolute Gasteiger partial charge is 0.128 e. The second-order valence-corrected chi connectivity index (χ2v) is 14.2. The molecule has 9 aromatic rings. The zero-order chi connectivity index (χ0) is 44.0. The first kappa shape index (κ1) is 28.7. The summed E-state index contributed by atoms with van der Waals surface area (Å²) in [5.74, 6) is 0. The predicted octanol–water partition coefficient (Wildman–Crippen LogP) is 13.7. The predicted molar refractivity (Wildman–Crippen MR) is 225 cm³/mol. The van der Waals surface area contributed by atoms with Crippen molar-refractivity contribution in [3.05, 3.63) is 181 Å². The fraction of sp³-hybridized carbons (Fsp3) is 0.137. The maximum absolute atomic E-state index is 8.56. The molecule has 0 amide bonds. The molecule has 0 aliphatic heterocycles. The van der Waals surface area contributed by atoms with E-state index >= 15 is 0 Å². The van der Waals surface area contributed by atoms with Crippen LogP contribution >= 0.6 is 0 Å². The van der Waals surface area contributed by atoms with E-state index in [9.17, 15) is 0 Å². The van der Waals surface area contributed by atoms with Gasteiger partial charge in [-0.05, 0) is 69.3 Å². The van der Waals surface area contributed by atoms with E-state index in [4.69, 9.17) is 15.4 Å². The Kier molecular flexibility index (Phi) is 8.34. The fourth-order valence-corrected chi connectivity index (χ4v) is 6.63. The van der Waals surface area contributed by atoms with Crippen molar-refractivity contribution in [2.24, 2.45) is 5.41 Å². The minimum Gasteiger partial charge on any atom is -0.500 e. The molecule has 0 bridgehead atoms. The van der Waals surface area contributed by atoms with Gasteiger partial charge in [-0.2, -0.15) is 0 Å². The van der Waals surface area contributed by atoms with Gasteiger partial charge in [0.25, 0.3) is 0 Å². The summed E-state index contributed by atoms with van der Waals surface area (Å²) in [5, 5.41) is 4.37. The van der Waals surface area contributed by atoms with Crippen LogP contribution in [0.15, 0.2) is 156 Å². The number of furan rings is 1. The zero-order valence-corrected chi connectivity index (χ0v) is 33.0. The largest absolute Gasteiger partial charge is 0.500 e. The van der Waals surface area contributed by atoms with E-state index in [1.165, 1.54) is 18.3 Å². The minimum atomic E-state index is -2.27. The van der Waals surface area contributed by atoms with Gasteiger partial charge in [-0.3, -0.25) is 0 Å². The topological polar surface area (TPSA) is 38.9 Å². The Labute approximate surface area is 348 Å². The average molecular weight is 899 g/mol. The van der Waals surface area contributed by atoms with Gasteiger partial charge in [-0.15, -0.1) is 47.5 Å². The van der Waals surface area contributed by atoms with Crippen molar-refractivity contribution in [1.82, 2.24) is 9.97 Å². The monoisotopic (exact) mass is 899 g/mol. The van der Waals surface area contributed by atoms with Crippen molar-refractivity contribution in [1.29, 1.82) is 0 Å². The van der Waals surface area contributed by atoms with E-state index in [1.54, 1.807) is 18.3 Å². The van der Waals surface area contributed by atoms with Gasteiger partial charge in [-0.25, -0.2) is 0 Å². The molecule has 9 rings (SSSR count). The van der Waals surface area contributed by atoms with Crippen LogP contribution in [-0.4, -0.2) is 9.97 Å². The minimum absolute atomic E-state index is 0. The first-order valence-electron chi connectivity index (χ1n) is 21.8. The summed E-state index contributed by atoms with van der Waals surface area (Å²) in [5.41, 5.74) is 8.36. The van der Waals surface area contributed by atoms with Gasteiger partial charge in [0.1, 0.15) is 5.58 Å². The molecule has 3 aromatic heterocycles. The molecule has 3 heterocycles. The average Bonchev–Trinajstić information content (AvgIpc) is 3.66. The van der Waals surface area contributed by atoms with Crippen LogP contribution < -0.4 is 0 Å². The molecule has 0 aliphatic carbocycles. The molecule has 0 saturated carbocycles. The van der Waals surface area contributed by atoms with Crippen molar-refractivity contribution in [3.63, 3.8) is 0 Å². The molecule has 6 aromatic carbocycles. The number of rotatable bonds is 5. The molecule has 0 atom stereocenters. The van der Waals surface area contributed by atoms with Gasteiger partial charge in [0, 0.05) is 54.2 Å². The molecule has 0 spiro atoms. The molecule has 0 N–H and O–H groups in total. The molecule has 4 heteroatoms. The van der Waals surface area contributed by atoms with Gasteiger partial charge >= 0.3 is 0 Å². The molecule has 55 heavy (non-hydrogen) atoms. The maximum atomic E-state index is 8.56. The number of aromatic nitrogens is 2. The summed E-state index contributed by atoms with van der Waals surface area (Å²) >= 11 is 0. The molecule has 273 valence electrons. The Morgan fingerprint density at radius 3 is 2.24 bits per heavy atom. The molecule has 0 unspecified atom stereocenters. The number of fused-ring (bicyclic) bond motifs is 5. The van der Waals surface area contributed by atoms with Crippen LogP contribution in [0.5, 0.6) is 0 Å². The Balaban J connectivity index is 0.000000196. The molecule has 0 aliphatic rings. The Morgan fingerprint density at radius 1 is 0.673 bits per heavy atom. The molecular formula is C51H42IrN2O-2. The fourth-order valence-electron chi connectivity index (χ4n) is 6.63. The van der Waals surface area contributed by atoms with Crippen molar-refractivity contribution in [3.8, 4) is 44.8 Å². The number of benzene rings is 6. The molecule has 0 fully saturated rings. The van der Waals surface area contributed by atoms with E-state index in [1.807, 2.05) is 112 Å². The summed E-state index contributed by atoms with van der Waals surface area (Å²) in [6.07, 6.45) is 1.69. The first-order chi connectivity index (χ1) is 29.4. The molecule has 0 saturated heterocycles. The second-order valence-electron chi connectivity index (χ2n) is 14.2. The normalized spacial score (nSPS) is 14.2. The van der Waals surface area contributed by atoms with Crippen LogP contribution in [0, 0.1) is 31.3 Å². The Bertz CT molecular complexity index is 3040. The second kappa shape index (κ2) is 16.0. The van der Waals surface area contributed by atoms with Crippen LogP contribution in [0.4, 0.5) is 0 Å². The Morgan fingerprint density at radius 2 is 1.47 bits per heavy atom. The third-order valence-corrected chi connectivity index (χ3v) is 9.15. The maximum Gasteiger partial charge on any atom is 0.128 e. The molecular weight excluding hydrogens is 849 g/mol. The van der Waals surface area contributed by atoms with Crippen LogP contribution in [0.25, 0.3) is 77.5 Å². The van der Waals surface area contributed by atoms with Crippen LogP contribution in [-0.2, 0) is 26.5 Å². The number of hydrogen-bond acceptors (Lipinski definition) is 3. The van der Waals surface area contributed by atoms with Gasteiger partial charge in [-0.1, -0.05) is 153 Å². The first-order valence-corrected chi connectivity index (χ1v) is 17.8. The van der Waals surface area contributed by atoms with Gasteiger partial charge in [0.15, 0.2) is 0 Å². The quantitative estimate of drug-likeness (QED) is 0.162. The van der Waals surface area contributed by atoms with Crippen LogP contribution in [0.3, 0.4) is 0 Å². The van der Waals surface area contributed by atoms with E-state index in [2.05, 4.69) is 46.4 Å². The van der Waals surface area contributed by atoms with Gasteiger partial charge in [0.2, 0.25) is 0 Å². The summed E-state index contributed by atoms with van der Waals surface area (Å²) in [4.78, 5) is 8.87. The van der Waals surface area contributed by atoms with E-state index in [0.29, 0.717) is 22.4 Å². The van der Waals surface area contributed by atoms with E-state index < -0.39 is 25.5 Å². The van der Waals surface area contributed by atoms with Crippen molar-refractivity contribution < 1.29 is 35.5 Å². The zero-order valence-electron chi connectivity index (χ0n) is 38.6. The van der Waals surface area contributed by atoms with Crippen molar-refractivity contribution >= 4 is 32.7 Å². The summed E-state index contributed by atoms with van der Waals surface area (Å²) in [6.45, 7) is 1.30. The summed E-state index contributed by atoms with van der Waals surface area (Å²) in [7, 11) is 0. The standard InChI is InChI=1S/C32H26NO.C19H16N.Ir/c1-32(2,3)20-21-11-13-22(14-12-21)24-17-18-33-29(19-24)28-10-6-9-26-27-16-15-23-7-4-5-8-25(23)30(27)34-31(26)28;1-14-8-11-19(20-13-14)17-10-9-15(2)18(12-17)16-6-4-3-5-7-16;/h4-9,11-19H,20H2,1-3H3;3-9,11-13H,1-2H3;/q2*-1;/i20D2;1D3,2D3;. The van der Waals surface area contributed by atoms with Crippen LogP contribution in [0.2, 0.25) is 0 Å². The molecule has 3 nitrogen and oxygen atoms in total. The summed E-state index contributed by atoms with van der Waals surface area (Å²) in [6, 6.07) is 50.1. The third kappa shape index (κ3) is 8.22. The number of pyridine rings is 2. The SMILES string of the molecule is [2H]C([2H])([2H])c1ccc(-c2[c-]cc(C([2H])([2H])[2H])c(-c3ccccc3)c2)nc1.[2H]C([2H])(c1ccc(-c2ccnc(-c3[c-]ccc4c3oc3c5ccccc5ccc43)c2)cc1)C(C)(C)C.[Ir]. The van der Waals surface area contributed by atoms with E-state index in [0.717, 1.165) is 60.7 Å². The van der Waals surface area contributed by atoms with Crippen molar-refractivity contribution in [2.45, 2.75) is 40.8 Å². The van der Waals surface area contributed by atoms with E-state index in [-0.39, 0.29) is 31.2 Å². The number of nitrogens with zero attached hydrogens (tertiary/aromatic N) is 2. The van der Waals surface area contributed by atoms with Gasteiger partial charge in [0.05, 0.1) is 5.58 Å².